The fourth-order valence-electron chi connectivity index (χ4n) is 1.98. The zero-order valence-electron chi connectivity index (χ0n) is 9.19. The molecule has 0 spiro atoms. The number of pyridine rings is 1. The maximum Gasteiger partial charge on any atom is 0.102 e. The highest BCUT2D eigenvalue weighted by atomic mass is 15.4. The minimum absolute atomic E-state index is 0.366. The first-order valence-electron chi connectivity index (χ1n) is 5.46. The lowest BCUT2D eigenvalue weighted by atomic mass is 10.1. The highest BCUT2D eigenvalue weighted by molar-refractivity contribution is 5.47. The molecule has 0 bridgehead atoms. The van der Waals surface area contributed by atoms with Gasteiger partial charge in [0.15, 0.2) is 0 Å². The Kier molecular flexibility index (Phi) is 2.26. The summed E-state index contributed by atoms with van der Waals surface area (Å²) < 4.78 is 1.87. The Morgan fingerprint density at radius 3 is 2.71 bits per heavy atom. The number of nitrogens with zero attached hydrogens (tertiary/aromatic N) is 5. The Morgan fingerprint density at radius 1 is 1.29 bits per heavy atom. The van der Waals surface area contributed by atoms with Crippen LogP contribution >= 0.6 is 0 Å². The second-order valence-corrected chi connectivity index (χ2v) is 4.09. The molecule has 0 radical (unpaired) electrons. The summed E-state index contributed by atoms with van der Waals surface area (Å²) in [4.78, 5) is 6.26. The smallest absolute Gasteiger partial charge is 0.102 e. The molecule has 0 aliphatic carbocycles. The van der Waals surface area contributed by atoms with E-state index in [1.54, 1.807) is 24.8 Å². The van der Waals surface area contributed by atoms with Crippen LogP contribution in [0, 0.1) is 11.3 Å². The monoisotopic (exact) mass is 225 g/mol. The normalized spacial score (nSPS) is 15.4. The third-order valence-electron chi connectivity index (χ3n) is 2.99. The van der Waals surface area contributed by atoms with E-state index in [2.05, 4.69) is 21.1 Å². The number of rotatable bonds is 2. The number of anilines is 1. The molecular formula is C12H11N5. The van der Waals surface area contributed by atoms with Gasteiger partial charge in [0.25, 0.3) is 0 Å². The summed E-state index contributed by atoms with van der Waals surface area (Å²) in [5.41, 5.74) is 1.80. The van der Waals surface area contributed by atoms with Crippen molar-refractivity contribution in [3.63, 3.8) is 0 Å². The molecule has 0 atom stereocenters. The van der Waals surface area contributed by atoms with Gasteiger partial charge in [0.05, 0.1) is 17.8 Å². The predicted octanol–water partition coefficient (Wildman–Crippen LogP) is 1.21. The second-order valence-electron chi connectivity index (χ2n) is 4.09. The van der Waals surface area contributed by atoms with Gasteiger partial charge in [-0.3, -0.25) is 9.67 Å². The molecule has 17 heavy (non-hydrogen) atoms. The summed E-state index contributed by atoms with van der Waals surface area (Å²) >= 11 is 0. The Morgan fingerprint density at radius 2 is 2.06 bits per heavy atom. The Hall–Kier alpha value is -2.35. The van der Waals surface area contributed by atoms with E-state index in [9.17, 15) is 0 Å². The molecule has 1 fully saturated rings. The summed E-state index contributed by atoms with van der Waals surface area (Å²) in [6.45, 7) is 1.85. The van der Waals surface area contributed by atoms with Gasteiger partial charge >= 0.3 is 0 Å². The molecule has 5 heteroatoms. The zero-order chi connectivity index (χ0) is 11.7. The van der Waals surface area contributed by atoms with E-state index in [0.717, 1.165) is 13.1 Å². The average Bonchev–Trinajstić information content (AvgIpc) is 2.77. The Balaban J connectivity index is 1.67. The Bertz CT molecular complexity index is 548. The van der Waals surface area contributed by atoms with Crippen LogP contribution in [-0.4, -0.2) is 27.9 Å². The molecule has 0 N–H and O–H groups in total. The van der Waals surface area contributed by atoms with Crippen molar-refractivity contribution in [3.8, 4) is 6.07 Å². The topological polar surface area (TPSA) is 57.7 Å². The van der Waals surface area contributed by atoms with Crippen LogP contribution < -0.4 is 4.90 Å². The SMILES string of the molecule is N#Cc1cnn(C2CN(c3ccncc3)C2)c1. The van der Waals surface area contributed by atoms with Crippen LogP contribution in [0.5, 0.6) is 0 Å². The molecular weight excluding hydrogens is 214 g/mol. The van der Waals surface area contributed by atoms with Crippen LogP contribution in [0.3, 0.4) is 0 Å². The van der Waals surface area contributed by atoms with E-state index in [1.165, 1.54) is 5.69 Å². The summed E-state index contributed by atoms with van der Waals surface area (Å²) in [7, 11) is 0. The van der Waals surface area contributed by atoms with Gasteiger partial charge in [0.2, 0.25) is 0 Å². The number of hydrogen-bond acceptors (Lipinski definition) is 4. The van der Waals surface area contributed by atoms with E-state index in [-0.39, 0.29) is 0 Å². The fourth-order valence-corrected chi connectivity index (χ4v) is 1.98. The fraction of sp³-hybridized carbons (Fsp3) is 0.250. The molecule has 84 valence electrons. The zero-order valence-corrected chi connectivity index (χ0v) is 9.19. The van der Waals surface area contributed by atoms with E-state index in [4.69, 9.17) is 5.26 Å². The highest BCUT2D eigenvalue weighted by Crippen LogP contribution is 2.26. The van der Waals surface area contributed by atoms with Crippen LogP contribution in [-0.2, 0) is 0 Å². The van der Waals surface area contributed by atoms with Gasteiger partial charge in [0.1, 0.15) is 6.07 Å². The number of hydrogen-bond donors (Lipinski definition) is 0. The van der Waals surface area contributed by atoms with Gasteiger partial charge in [-0.2, -0.15) is 10.4 Å². The second kappa shape index (κ2) is 3.91. The largest absolute Gasteiger partial charge is 0.367 e. The first-order valence-corrected chi connectivity index (χ1v) is 5.46. The van der Waals surface area contributed by atoms with Crippen molar-refractivity contribution in [1.82, 2.24) is 14.8 Å². The summed E-state index contributed by atoms with van der Waals surface area (Å²) in [6.07, 6.45) is 7.00. The lowest BCUT2D eigenvalue weighted by molar-refractivity contribution is 0.368. The van der Waals surface area contributed by atoms with Crippen molar-refractivity contribution in [1.29, 1.82) is 5.26 Å². The lowest BCUT2D eigenvalue weighted by Crippen LogP contribution is -2.48. The minimum atomic E-state index is 0.366. The first-order chi connectivity index (χ1) is 8.36. The van der Waals surface area contributed by atoms with Crippen LogP contribution in [0.25, 0.3) is 0 Å². The highest BCUT2D eigenvalue weighted by Gasteiger charge is 2.28. The maximum atomic E-state index is 8.73. The van der Waals surface area contributed by atoms with Gasteiger partial charge in [-0.25, -0.2) is 0 Å². The van der Waals surface area contributed by atoms with Crippen molar-refractivity contribution < 1.29 is 0 Å². The van der Waals surface area contributed by atoms with E-state index in [0.29, 0.717) is 11.6 Å². The molecule has 1 saturated heterocycles. The van der Waals surface area contributed by atoms with Crippen molar-refractivity contribution in [2.45, 2.75) is 6.04 Å². The van der Waals surface area contributed by atoms with Gasteiger partial charge in [-0.1, -0.05) is 0 Å². The van der Waals surface area contributed by atoms with Gasteiger partial charge in [0, 0.05) is 37.4 Å². The predicted molar refractivity (Wildman–Crippen MR) is 62.4 cm³/mol. The van der Waals surface area contributed by atoms with Gasteiger partial charge in [-0.15, -0.1) is 0 Å². The third-order valence-corrected chi connectivity index (χ3v) is 2.99. The molecule has 0 amide bonds. The summed E-state index contributed by atoms with van der Waals surface area (Å²) in [5.74, 6) is 0. The molecule has 1 aliphatic rings. The molecule has 3 heterocycles. The molecule has 0 aromatic carbocycles. The molecule has 0 saturated carbocycles. The van der Waals surface area contributed by atoms with E-state index in [1.807, 2.05) is 16.8 Å². The van der Waals surface area contributed by atoms with Crippen molar-refractivity contribution in [2.24, 2.45) is 0 Å². The standard InChI is InChI=1S/C12H11N5/c13-5-10-6-15-17(7-10)12-8-16(9-12)11-1-3-14-4-2-11/h1-4,6-7,12H,8-9H2. The minimum Gasteiger partial charge on any atom is -0.367 e. The van der Waals surface area contributed by atoms with Crippen LogP contribution in [0.1, 0.15) is 11.6 Å². The van der Waals surface area contributed by atoms with Gasteiger partial charge in [-0.05, 0) is 12.1 Å². The van der Waals surface area contributed by atoms with E-state index < -0.39 is 0 Å². The molecule has 5 nitrogen and oxygen atoms in total. The van der Waals surface area contributed by atoms with Gasteiger partial charge < -0.3 is 4.90 Å². The average molecular weight is 225 g/mol. The van der Waals surface area contributed by atoms with Crippen molar-refractivity contribution >= 4 is 5.69 Å². The maximum absolute atomic E-state index is 8.73. The van der Waals surface area contributed by atoms with E-state index >= 15 is 0 Å². The third kappa shape index (κ3) is 1.74. The number of aromatic nitrogens is 3. The quantitative estimate of drug-likeness (QED) is 0.770. The molecule has 2 aromatic heterocycles. The van der Waals surface area contributed by atoms with Crippen LogP contribution in [0.15, 0.2) is 36.9 Å². The van der Waals surface area contributed by atoms with Crippen molar-refractivity contribution in [3.05, 3.63) is 42.5 Å². The summed E-state index contributed by atoms with van der Waals surface area (Å²) in [6, 6.07) is 6.45. The summed E-state index contributed by atoms with van der Waals surface area (Å²) in [5, 5.41) is 12.9. The van der Waals surface area contributed by atoms with Crippen LogP contribution in [0.2, 0.25) is 0 Å². The number of nitriles is 1. The molecule has 2 aromatic rings. The van der Waals surface area contributed by atoms with Crippen LogP contribution in [0.4, 0.5) is 5.69 Å². The molecule has 3 rings (SSSR count). The van der Waals surface area contributed by atoms with Crippen molar-refractivity contribution in [2.75, 3.05) is 18.0 Å². The molecule has 1 aliphatic heterocycles. The first kappa shape index (κ1) is 9.85. The molecule has 0 unspecified atom stereocenters. The lowest BCUT2D eigenvalue weighted by Gasteiger charge is -2.40. The Labute approximate surface area is 98.9 Å².